The van der Waals surface area contributed by atoms with Gasteiger partial charge in [0.25, 0.3) is 0 Å². The van der Waals surface area contributed by atoms with Gasteiger partial charge in [-0.1, -0.05) is 16.8 Å². The van der Waals surface area contributed by atoms with Gasteiger partial charge in [0.2, 0.25) is 11.7 Å². The minimum absolute atomic E-state index is 0.0564. The largest absolute Gasteiger partial charge is 0.395 e. The molecule has 3 rings (SSSR count). The van der Waals surface area contributed by atoms with E-state index in [4.69, 9.17) is 21.2 Å². The fraction of sp³-hybridized carbons (Fsp3) is 0.250. The summed E-state index contributed by atoms with van der Waals surface area (Å²) >= 11 is 6.32. The van der Waals surface area contributed by atoms with Gasteiger partial charge in [0, 0.05) is 24.3 Å². The van der Waals surface area contributed by atoms with Crippen molar-refractivity contribution < 1.29 is 9.63 Å². The summed E-state index contributed by atoms with van der Waals surface area (Å²) in [6.07, 6.45) is 3.38. The van der Waals surface area contributed by atoms with E-state index in [1.54, 1.807) is 12.4 Å². The van der Waals surface area contributed by atoms with Gasteiger partial charge in [0.1, 0.15) is 5.65 Å². The van der Waals surface area contributed by atoms with E-state index in [-0.39, 0.29) is 6.61 Å². The number of aliphatic hydroxyl groups is 1. The standard InChI is InChI=1S/C12H12ClN5O2/c13-10-7-1-2-15-11(7)16-5-8(10)12-17-9(20-18-12)6-14-3-4-19/h1-2,5,14,19H,3-4,6H2,(H,15,16). The Balaban J connectivity index is 1.89. The number of rotatable bonds is 5. The fourth-order valence-corrected chi connectivity index (χ4v) is 2.13. The van der Waals surface area contributed by atoms with Crippen molar-refractivity contribution in [3.8, 4) is 11.4 Å². The molecule has 20 heavy (non-hydrogen) atoms. The summed E-state index contributed by atoms with van der Waals surface area (Å²) in [4.78, 5) is 11.5. The molecule has 8 heteroatoms. The second-order valence-electron chi connectivity index (χ2n) is 4.14. The number of pyridine rings is 1. The van der Waals surface area contributed by atoms with Crippen LogP contribution < -0.4 is 5.32 Å². The number of fused-ring (bicyclic) bond motifs is 1. The van der Waals surface area contributed by atoms with Crippen molar-refractivity contribution in [2.75, 3.05) is 13.2 Å². The first-order valence-electron chi connectivity index (χ1n) is 6.05. The second kappa shape index (κ2) is 5.58. The van der Waals surface area contributed by atoms with Crippen LogP contribution >= 0.6 is 11.6 Å². The molecule has 3 N–H and O–H groups in total. The number of H-pyrrole nitrogens is 1. The van der Waals surface area contributed by atoms with E-state index in [0.29, 0.717) is 41.0 Å². The highest BCUT2D eigenvalue weighted by molar-refractivity contribution is 6.37. The van der Waals surface area contributed by atoms with Gasteiger partial charge >= 0.3 is 0 Å². The summed E-state index contributed by atoms with van der Waals surface area (Å²) in [5.41, 5.74) is 1.34. The molecular weight excluding hydrogens is 282 g/mol. The van der Waals surface area contributed by atoms with Crippen LogP contribution in [0.1, 0.15) is 5.89 Å². The van der Waals surface area contributed by atoms with Crippen molar-refractivity contribution in [3.05, 3.63) is 29.4 Å². The van der Waals surface area contributed by atoms with Gasteiger partial charge in [-0.3, -0.25) is 0 Å². The first-order valence-corrected chi connectivity index (χ1v) is 6.43. The van der Waals surface area contributed by atoms with E-state index in [1.807, 2.05) is 6.07 Å². The second-order valence-corrected chi connectivity index (χ2v) is 4.52. The number of aromatic nitrogens is 4. The van der Waals surface area contributed by atoms with Crippen LogP contribution in [0.4, 0.5) is 0 Å². The van der Waals surface area contributed by atoms with Crippen molar-refractivity contribution in [1.82, 2.24) is 25.4 Å². The van der Waals surface area contributed by atoms with E-state index in [2.05, 4.69) is 25.4 Å². The third-order valence-corrected chi connectivity index (χ3v) is 3.20. The maximum atomic E-state index is 8.69. The van der Waals surface area contributed by atoms with Gasteiger partial charge in [0.05, 0.1) is 23.7 Å². The molecule has 3 aromatic rings. The maximum absolute atomic E-state index is 8.69. The number of halogens is 1. The smallest absolute Gasteiger partial charge is 0.240 e. The van der Waals surface area contributed by atoms with Gasteiger partial charge in [-0.25, -0.2) is 4.98 Å². The van der Waals surface area contributed by atoms with Crippen LogP contribution in [0.3, 0.4) is 0 Å². The van der Waals surface area contributed by atoms with Crippen LogP contribution in [0.2, 0.25) is 5.02 Å². The monoisotopic (exact) mass is 293 g/mol. The molecule has 0 amide bonds. The molecule has 0 aliphatic carbocycles. The third-order valence-electron chi connectivity index (χ3n) is 2.79. The first-order chi connectivity index (χ1) is 9.79. The topological polar surface area (TPSA) is 99.9 Å². The van der Waals surface area contributed by atoms with Crippen LogP contribution in [0.15, 0.2) is 23.0 Å². The van der Waals surface area contributed by atoms with E-state index in [9.17, 15) is 0 Å². The number of aliphatic hydroxyl groups excluding tert-OH is 1. The number of nitrogens with one attached hydrogen (secondary N) is 2. The molecule has 0 aliphatic heterocycles. The highest BCUT2D eigenvalue weighted by Crippen LogP contribution is 2.30. The summed E-state index contributed by atoms with van der Waals surface area (Å²) in [5.74, 6) is 0.824. The lowest BCUT2D eigenvalue weighted by Crippen LogP contribution is -2.17. The minimum Gasteiger partial charge on any atom is -0.395 e. The molecule has 3 heterocycles. The lowest BCUT2D eigenvalue weighted by atomic mass is 10.2. The zero-order chi connectivity index (χ0) is 13.9. The Kier molecular flexibility index (Phi) is 3.64. The number of nitrogens with zero attached hydrogens (tertiary/aromatic N) is 3. The molecule has 0 spiro atoms. The zero-order valence-corrected chi connectivity index (χ0v) is 11.2. The maximum Gasteiger partial charge on any atom is 0.240 e. The van der Waals surface area contributed by atoms with Gasteiger partial charge in [0.15, 0.2) is 0 Å². The van der Waals surface area contributed by atoms with Gasteiger partial charge < -0.3 is 19.9 Å². The molecule has 0 bridgehead atoms. The average Bonchev–Trinajstić information content (AvgIpc) is 3.08. The molecule has 0 aliphatic rings. The van der Waals surface area contributed by atoms with E-state index >= 15 is 0 Å². The van der Waals surface area contributed by atoms with Gasteiger partial charge in [-0.2, -0.15) is 4.98 Å². The van der Waals surface area contributed by atoms with Crippen LogP contribution in [0.5, 0.6) is 0 Å². The number of aromatic amines is 1. The highest BCUT2D eigenvalue weighted by atomic mass is 35.5. The van der Waals surface area contributed by atoms with Crippen molar-refractivity contribution >= 4 is 22.6 Å². The summed E-state index contributed by atoms with van der Waals surface area (Å²) in [6.45, 7) is 0.918. The predicted octanol–water partition coefficient (Wildman–Crippen LogP) is 1.35. The van der Waals surface area contributed by atoms with Crippen molar-refractivity contribution in [2.24, 2.45) is 0 Å². The summed E-state index contributed by atoms with van der Waals surface area (Å²) in [5, 5.41) is 16.9. The minimum atomic E-state index is 0.0564. The molecule has 0 fully saturated rings. The predicted molar refractivity (Wildman–Crippen MR) is 73.2 cm³/mol. The van der Waals surface area contributed by atoms with Crippen LogP contribution in [-0.2, 0) is 6.54 Å². The van der Waals surface area contributed by atoms with Crippen molar-refractivity contribution in [3.63, 3.8) is 0 Å². The van der Waals surface area contributed by atoms with E-state index in [1.165, 1.54) is 0 Å². The Morgan fingerprint density at radius 3 is 3.20 bits per heavy atom. The quantitative estimate of drug-likeness (QED) is 0.614. The fourth-order valence-electron chi connectivity index (χ4n) is 1.84. The SMILES string of the molecule is OCCNCc1nc(-c2cnc3[nH]ccc3c2Cl)no1. The average molecular weight is 294 g/mol. The molecule has 7 nitrogen and oxygen atoms in total. The Morgan fingerprint density at radius 1 is 1.45 bits per heavy atom. The molecule has 0 saturated carbocycles. The summed E-state index contributed by atoms with van der Waals surface area (Å²) in [7, 11) is 0. The molecule has 3 aromatic heterocycles. The zero-order valence-electron chi connectivity index (χ0n) is 10.4. The molecule has 0 radical (unpaired) electrons. The normalized spacial score (nSPS) is 11.3. The lowest BCUT2D eigenvalue weighted by Gasteiger charge is -1.99. The molecule has 0 aromatic carbocycles. The Hall–Kier alpha value is -1.96. The van der Waals surface area contributed by atoms with Crippen LogP contribution in [0.25, 0.3) is 22.4 Å². The highest BCUT2D eigenvalue weighted by Gasteiger charge is 2.15. The van der Waals surface area contributed by atoms with Gasteiger partial charge in [-0.15, -0.1) is 0 Å². The lowest BCUT2D eigenvalue weighted by molar-refractivity contribution is 0.286. The van der Waals surface area contributed by atoms with Crippen molar-refractivity contribution in [2.45, 2.75) is 6.54 Å². The molecule has 104 valence electrons. The summed E-state index contributed by atoms with van der Waals surface area (Å²) in [6, 6.07) is 1.85. The first kappa shape index (κ1) is 13.0. The summed E-state index contributed by atoms with van der Waals surface area (Å²) < 4.78 is 5.11. The molecule has 0 saturated heterocycles. The molecule has 0 unspecified atom stereocenters. The van der Waals surface area contributed by atoms with Crippen LogP contribution in [-0.4, -0.2) is 38.4 Å². The third kappa shape index (κ3) is 2.38. The Morgan fingerprint density at radius 2 is 2.35 bits per heavy atom. The number of hydrogen-bond acceptors (Lipinski definition) is 6. The van der Waals surface area contributed by atoms with Gasteiger partial charge in [-0.05, 0) is 6.07 Å². The number of hydrogen-bond donors (Lipinski definition) is 3. The van der Waals surface area contributed by atoms with E-state index in [0.717, 1.165) is 5.39 Å². The molecule has 0 atom stereocenters. The van der Waals surface area contributed by atoms with E-state index < -0.39 is 0 Å². The van der Waals surface area contributed by atoms with Crippen molar-refractivity contribution in [1.29, 1.82) is 0 Å². The van der Waals surface area contributed by atoms with Crippen LogP contribution in [0, 0.1) is 0 Å². The Bertz CT molecular complexity index is 724. The Labute approximate surface area is 119 Å². The molecular formula is C12H12ClN5O2.